The van der Waals surface area contributed by atoms with Gasteiger partial charge in [0.05, 0.1) is 24.6 Å². The number of carbonyl (C=O) groups excluding carboxylic acids is 3. The Morgan fingerprint density at radius 3 is 2.27 bits per heavy atom. The second-order valence-corrected chi connectivity index (χ2v) is 13.1. The van der Waals surface area contributed by atoms with Crippen molar-refractivity contribution in [1.29, 1.82) is 0 Å². The number of rotatable bonds is 19. The van der Waals surface area contributed by atoms with Crippen molar-refractivity contribution in [2.75, 3.05) is 33.7 Å². The van der Waals surface area contributed by atoms with E-state index in [2.05, 4.69) is 22.5 Å². The van der Waals surface area contributed by atoms with Gasteiger partial charge in [-0.2, -0.15) is 13.2 Å². The van der Waals surface area contributed by atoms with Gasteiger partial charge in [0.15, 0.2) is 0 Å². The Hall–Kier alpha value is -3.54. The van der Waals surface area contributed by atoms with Crippen molar-refractivity contribution in [1.82, 2.24) is 20.4 Å². The average Bonchev–Trinajstić information content (AvgIpc) is 3.05. The first kappa shape index (κ1) is 40.6. The third-order valence-corrected chi connectivity index (χ3v) is 9.13. The lowest BCUT2D eigenvalue weighted by molar-refractivity contribution is -0.144. The third kappa shape index (κ3) is 14.7. The smallest absolute Gasteiger partial charge is 0.391 e. The maximum Gasteiger partial charge on any atom is 0.401 e. The second kappa shape index (κ2) is 20.7. The van der Waals surface area contributed by atoms with Crippen LogP contribution in [0.5, 0.6) is 0 Å². The molecule has 0 spiro atoms. The molecule has 266 valence electrons. The van der Waals surface area contributed by atoms with Crippen molar-refractivity contribution < 1.29 is 32.7 Å². The van der Waals surface area contributed by atoms with Crippen LogP contribution in [-0.4, -0.2) is 90.7 Å². The van der Waals surface area contributed by atoms with Crippen LogP contribution in [0.4, 0.5) is 13.2 Å². The lowest BCUT2D eigenvalue weighted by Gasteiger charge is -2.32. The molecule has 0 saturated heterocycles. The van der Waals surface area contributed by atoms with Crippen LogP contribution in [0.2, 0.25) is 0 Å². The molecular weight excluding hydrogens is 621 g/mol. The van der Waals surface area contributed by atoms with Crippen LogP contribution in [0.25, 0.3) is 0 Å². The van der Waals surface area contributed by atoms with Gasteiger partial charge in [0, 0.05) is 38.9 Å². The number of halogens is 3. The number of carbonyl (C=O) groups is 3. The van der Waals surface area contributed by atoms with Crippen molar-refractivity contribution in [3.05, 3.63) is 35.9 Å². The predicted octanol–water partition coefficient (Wildman–Crippen LogP) is 4.56. The first-order valence-electron chi connectivity index (χ1n) is 17.0. The highest BCUT2D eigenvalue weighted by molar-refractivity contribution is 5.91. The Morgan fingerprint density at radius 2 is 1.69 bits per heavy atom. The van der Waals surface area contributed by atoms with Crippen molar-refractivity contribution in [2.24, 2.45) is 17.8 Å². The molecule has 1 fully saturated rings. The molecule has 2 unspecified atom stereocenters. The molecule has 1 saturated carbocycles. The fraction of sp³-hybridized carbons (Fsp3) is 0.649. The highest BCUT2D eigenvalue weighted by Gasteiger charge is 2.35. The van der Waals surface area contributed by atoms with Gasteiger partial charge in [-0.15, -0.1) is 24.7 Å². The van der Waals surface area contributed by atoms with Gasteiger partial charge in [-0.3, -0.25) is 19.3 Å². The molecule has 0 bridgehead atoms. The van der Waals surface area contributed by atoms with Crippen LogP contribution in [0, 0.1) is 42.4 Å². The standard InChI is InChI=1S/C37H53F3N4O4/c1-6-9-20-32(45)31(24-28-18-14-11-15-19-28)41-36(48)34(29(7-2)8-3)42-35(47)30(23-27-16-12-10-13-17-27)25-33(46)44(5)22-21-43(4)26-37(38,39)40/h1-2,10,12-13,16-17,28-32,34,45H,8-9,11,14-15,18-26H2,3-5H3,(H,41,48)(H,42,47)/t29?,30-,31?,32+,34+/m1/s1. The number of aliphatic hydroxyl groups excluding tert-OH is 1. The van der Waals surface area contributed by atoms with E-state index in [4.69, 9.17) is 12.8 Å². The maximum absolute atomic E-state index is 13.9. The summed E-state index contributed by atoms with van der Waals surface area (Å²) in [5.41, 5.74) is 0.798. The molecule has 8 nitrogen and oxygen atoms in total. The van der Waals surface area contributed by atoms with Crippen LogP contribution in [-0.2, 0) is 20.8 Å². The zero-order valence-electron chi connectivity index (χ0n) is 28.6. The molecule has 3 amide bonds. The Balaban J connectivity index is 2.25. The molecule has 1 aliphatic carbocycles. The minimum atomic E-state index is -4.36. The number of alkyl halides is 3. The van der Waals surface area contributed by atoms with E-state index in [1.807, 2.05) is 37.3 Å². The largest absolute Gasteiger partial charge is 0.401 e. The van der Waals surface area contributed by atoms with Crippen molar-refractivity contribution in [2.45, 2.75) is 102 Å². The lowest BCUT2D eigenvalue weighted by atomic mass is 9.83. The van der Waals surface area contributed by atoms with Crippen LogP contribution in [0.15, 0.2) is 30.3 Å². The van der Waals surface area contributed by atoms with Crippen LogP contribution in [0.1, 0.15) is 76.7 Å². The van der Waals surface area contributed by atoms with Crippen molar-refractivity contribution in [3.63, 3.8) is 0 Å². The normalized spacial score (nSPS) is 16.9. The number of amides is 3. The highest BCUT2D eigenvalue weighted by atomic mass is 19.4. The summed E-state index contributed by atoms with van der Waals surface area (Å²) in [7, 11) is 2.81. The summed E-state index contributed by atoms with van der Waals surface area (Å²) >= 11 is 0. The number of nitrogens with zero attached hydrogens (tertiary/aromatic N) is 2. The van der Waals surface area contributed by atoms with Gasteiger partial charge in [0.1, 0.15) is 6.04 Å². The highest BCUT2D eigenvalue weighted by Crippen LogP contribution is 2.29. The Morgan fingerprint density at radius 1 is 1.02 bits per heavy atom. The Bertz CT molecular complexity index is 1220. The molecule has 0 aromatic heterocycles. The fourth-order valence-corrected chi connectivity index (χ4v) is 6.22. The van der Waals surface area contributed by atoms with Gasteiger partial charge in [-0.05, 0) is 44.2 Å². The fourth-order valence-electron chi connectivity index (χ4n) is 6.22. The summed E-state index contributed by atoms with van der Waals surface area (Å²) in [4.78, 5) is 43.5. The number of terminal acetylenes is 2. The molecule has 1 aromatic rings. The number of hydrogen-bond donors (Lipinski definition) is 3. The molecule has 11 heteroatoms. The molecule has 2 rings (SSSR count). The number of nitrogens with one attached hydrogen (secondary N) is 2. The molecule has 48 heavy (non-hydrogen) atoms. The summed E-state index contributed by atoms with van der Waals surface area (Å²) in [5.74, 6) is 2.49. The summed E-state index contributed by atoms with van der Waals surface area (Å²) in [6.45, 7) is 0.742. The average molecular weight is 675 g/mol. The quantitative estimate of drug-likeness (QED) is 0.187. The van der Waals surface area contributed by atoms with E-state index in [-0.39, 0.29) is 25.9 Å². The van der Waals surface area contributed by atoms with Gasteiger partial charge in [0.2, 0.25) is 17.7 Å². The Kier molecular flexibility index (Phi) is 17.6. The first-order valence-corrected chi connectivity index (χ1v) is 17.0. The van der Waals surface area contributed by atoms with Crippen molar-refractivity contribution in [3.8, 4) is 24.7 Å². The third-order valence-electron chi connectivity index (χ3n) is 9.13. The summed E-state index contributed by atoms with van der Waals surface area (Å²) in [6, 6.07) is 7.42. The van der Waals surface area contributed by atoms with Crippen LogP contribution >= 0.6 is 0 Å². The zero-order valence-corrected chi connectivity index (χ0v) is 28.6. The van der Waals surface area contributed by atoms with E-state index in [1.165, 1.54) is 25.4 Å². The first-order chi connectivity index (χ1) is 22.8. The SMILES string of the molecule is C#CCC[C@H](O)C(CC1CCCCC1)NC(=O)[C@@H](NC(=O)[C@@H](CC(=O)N(C)CCN(C)CC(F)(F)F)Cc1ccccc1)C(C#C)CC. The van der Waals surface area contributed by atoms with Gasteiger partial charge in [-0.1, -0.05) is 69.4 Å². The van der Waals surface area contributed by atoms with Crippen LogP contribution in [0.3, 0.4) is 0 Å². The number of hydrogen-bond acceptors (Lipinski definition) is 5. The van der Waals surface area contributed by atoms with Gasteiger partial charge in [-0.25, -0.2) is 0 Å². The predicted molar refractivity (Wildman–Crippen MR) is 181 cm³/mol. The number of aliphatic hydroxyl groups is 1. The lowest BCUT2D eigenvalue weighted by Crippen LogP contribution is -2.56. The van der Waals surface area contributed by atoms with E-state index in [0.29, 0.717) is 31.6 Å². The van der Waals surface area contributed by atoms with E-state index in [9.17, 15) is 32.7 Å². The van der Waals surface area contributed by atoms with Gasteiger partial charge < -0.3 is 20.6 Å². The molecule has 0 aliphatic heterocycles. The van der Waals surface area contributed by atoms with Gasteiger partial charge in [0.25, 0.3) is 0 Å². The number of likely N-dealkylation sites (N-methyl/N-ethyl adjacent to an activating group) is 2. The summed E-state index contributed by atoms with van der Waals surface area (Å²) < 4.78 is 38.3. The van der Waals surface area contributed by atoms with E-state index >= 15 is 0 Å². The summed E-state index contributed by atoms with van der Waals surface area (Å²) in [6.07, 6.45) is 13.0. The topological polar surface area (TPSA) is 102 Å². The molecule has 5 atom stereocenters. The van der Waals surface area contributed by atoms with E-state index in [0.717, 1.165) is 36.1 Å². The van der Waals surface area contributed by atoms with Crippen LogP contribution < -0.4 is 10.6 Å². The Labute approximate surface area is 284 Å². The van der Waals surface area contributed by atoms with Gasteiger partial charge >= 0.3 is 6.18 Å². The monoisotopic (exact) mass is 674 g/mol. The molecule has 0 heterocycles. The zero-order chi connectivity index (χ0) is 35.7. The minimum Gasteiger partial charge on any atom is -0.391 e. The molecule has 3 N–H and O–H groups in total. The minimum absolute atomic E-state index is 0.00485. The number of benzene rings is 1. The molecular formula is C37H53F3N4O4. The van der Waals surface area contributed by atoms with Crippen molar-refractivity contribution >= 4 is 17.7 Å². The van der Waals surface area contributed by atoms with E-state index in [1.54, 1.807) is 0 Å². The van der Waals surface area contributed by atoms with E-state index < -0.39 is 60.5 Å². The summed E-state index contributed by atoms with van der Waals surface area (Å²) in [5, 5.41) is 16.9. The molecule has 1 aliphatic rings. The molecule has 0 radical (unpaired) electrons. The molecule has 1 aromatic carbocycles. The second-order valence-electron chi connectivity index (χ2n) is 13.1. The maximum atomic E-state index is 13.9.